The maximum atomic E-state index is 14.3. The summed E-state index contributed by atoms with van der Waals surface area (Å²) in [7, 11) is 1.65. The van der Waals surface area contributed by atoms with E-state index in [-0.39, 0.29) is 64.8 Å². The van der Waals surface area contributed by atoms with Gasteiger partial charge < -0.3 is 33.8 Å². The van der Waals surface area contributed by atoms with Gasteiger partial charge in [-0.3, -0.25) is 14.3 Å². The fourth-order valence-electron chi connectivity index (χ4n) is 5.62. The largest absolute Gasteiger partial charge is 0.490 e. The van der Waals surface area contributed by atoms with Crippen LogP contribution in [0.1, 0.15) is 74.7 Å². The lowest BCUT2D eigenvalue weighted by atomic mass is 10.0. The number of amides is 2. The summed E-state index contributed by atoms with van der Waals surface area (Å²) >= 11 is 0. The first-order chi connectivity index (χ1) is 22.1. The number of ether oxygens (including phenoxy) is 2. The molecule has 2 amide bonds. The second kappa shape index (κ2) is 17.3. The Labute approximate surface area is 279 Å². The van der Waals surface area contributed by atoms with E-state index in [0.29, 0.717) is 31.7 Å². The zero-order valence-corrected chi connectivity index (χ0v) is 29.9. The lowest BCUT2D eigenvalue weighted by molar-refractivity contribution is -0.132. The highest BCUT2D eigenvalue weighted by molar-refractivity contribution is 7.92. The van der Waals surface area contributed by atoms with Crippen LogP contribution in [0.25, 0.3) is 0 Å². The Balaban J connectivity index is 1.95. The van der Waals surface area contributed by atoms with Gasteiger partial charge in [0.05, 0.1) is 30.4 Å². The molecule has 13 nitrogen and oxygen atoms in total. The molecule has 0 aliphatic carbocycles. The number of nitrogens with one attached hydrogen (secondary N) is 1. The van der Waals surface area contributed by atoms with Crippen molar-refractivity contribution in [2.24, 2.45) is 5.92 Å². The number of nitrogens with zero attached hydrogens (tertiary/aromatic N) is 4. The summed E-state index contributed by atoms with van der Waals surface area (Å²) in [4.78, 5) is 32.5. The summed E-state index contributed by atoms with van der Waals surface area (Å²) in [6, 6.07) is 4.03. The first kappa shape index (κ1) is 38.2. The van der Waals surface area contributed by atoms with Gasteiger partial charge in [-0.2, -0.15) is 0 Å². The number of aromatic nitrogens is 1. The minimum Gasteiger partial charge on any atom is -0.490 e. The molecule has 1 aliphatic rings. The van der Waals surface area contributed by atoms with Gasteiger partial charge in [0.1, 0.15) is 11.4 Å². The molecule has 2 aromatic rings. The number of sulfonamides is 1. The maximum Gasteiger partial charge on any atom is 0.267 e. The van der Waals surface area contributed by atoms with Crippen LogP contribution in [0.3, 0.4) is 0 Å². The van der Waals surface area contributed by atoms with E-state index in [1.165, 1.54) is 13.0 Å². The van der Waals surface area contributed by atoms with Crippen LogP contribution in [0.15, 0.2) is 27.6 Å². The van der Waals surface area contributed by atoms with Gasteiger partial charge in [-0.25, -0.2) is 8.42 Å². The molecule has 1 aromatic carbocycles. The molecule has 0 saturated carbocycles. The molecule has 2 N–H and O–H groups in total. The molecule has 0 spiro atoms. The number of hydrogen-bond donors (Lipinski definition) is 2. The van der Waals surface area contributed by atoms with Crippen molar-refractivity contribution in [1.29, 1.82) is 0 Å². The van der Waals surface area contributed by atoms with E-state index in [1.54, 1.807) is 42.8 Å². The lowest BCUT2D eigenvalue weighted by Crippen LogP contribution is -2.48. The number of aryl methyl sites for hydroxylation is 2. The van der Waals surface area contributed by atoms with Crippen molar-refractivity contribution < 1.29 is 37.1 Å². The number of anilines is 1. The van der Waals surface area contributed by atoms with Crippen LogP contribution in [0.4, 0.5) is 5.69 Å². The van der Waals surface area contributed by atoms with E-state index in [0.717, 1.165) is 25.8 Å². The highest BCUT2D eigenvalue weighted by Crippen LogP contribution is 2.30. The number of aliphatic hydroxyl groups is 1. The van der Waals surface area contributed by atoms with Crippen molar-refractivity contribution in [1.82, 2.24) is 19.9 Å². The smallest absolute Gasteiger partial charge is 0.267 e. The molecule has 0 saturated heterocycles. The SMILES string of the molecule is Cc1noc(C)c1S(=O)(=O)Nc1ccc2c(c1)C(=O)N([C@H](C)CO)C[C@H](C)[C@H](CN(C)C(=O)CCCN(C)C)OCCCC[C@H](C)O2. The predicted octanol–water partition coefficient (Wildman–Crippen LogP) is 3.69. The van der Waals surface area contributed by atoms with Gasteiger partial charge in [-0.1, -0.05) is 12.1 Å². The van der Waals surface area contributed by atoms with Gasteiger partial charge >= 0.3 is 0 Å². The van der Waals surface area contributed by atoms with Crippen LogP contribution < -0.4 is 9.46 Å². The maximum absolute atomic E-state index is 14.3. The number of hydrogen-bond acceptors (Lipinski definition) is 10. The van der Waals surface area contributed by atoms with Gasteiger partial charge in [0.15, 0.2) is 10.7 Å². The molecule has 0 fully saturated rings. The highest BCUT2D eigenvalue weighted by Gasteiger charge is 2.32. The summed E-state index contributed by atoms with van der Waals surface area (Å²) in [5.74, 6) is -0.139. The van der Waals surface area contributed by atoms with Crippen molar-refractivity contribution in [2.75, 3.05) is 58.7 Å². The molecule has 1 aromatic heterocycles. The standard InChI is InChI=1S/C33H53N5O8S/c1-22-19-38(23(2)21-39)33(41)28-18-27(35-47(42,43)32-25(4)34-46-26(32)5)14-15-29(28)45-24(3)12-9-10-17-44-30(22)20-37(8)31(40)13-11-16-36(6)7/h14-15,18,22-24,30,35,39H,9-13,16-17,19-21H2,1-8H3/t22-,23+,24-,30-/m0/s1. The Bertz CT molecular complexity index is 1430. The molecule has 47 heavy (non-hydrogen) atoms. The Kier molecular flexibility index (Phi) is 14.1. The van der Waals surface area contributed by atoms with E-state index < -0.39 is 22.0 Å². The van der Waals surface area contributed by atoms with E-state index in [4.69, 9.17) is 14.0 Å². The summed E-state index contributed by atoms with van der Waals surface area (Å²) in [5, 5.41) is 14.0. The fraction of sp³-hybridized carbons (Fsp3) is 0.667. The van der Waals surface area contributed by atoms with Gasteiger partial charge in [0.2, 0.25) is 5.91 Å². The van der Waals surface area contributed by atoms with Gasteiger partial charge in [-0.05, 0) is 92.2 Å². The molecule has 2 heterocycles. The quantitative estimate of drug-likeness (QED) is 0.359. The topological polar surface area (TPSA) is 155 Å². The van der Waals surface area contributed by atoms with Crippen molar-refractivity contribution in [3.05, 3.63) is 35.2 Å². The van der Waals surface area contributed by atoms with Crippen LogP contribution in [-0.2, 0) is 19.6 Å². The molecule has 4 atom stereocenters. The Morgan fingerprint density at radius 1 is 1.19 bits per heavy atom. The average Bonchev–Trinajstić information content (AvgIpc) is 3.36. The molecular weight excluding hydrogens is 626 g/mol. The van der Waals surface area contributed by atoms with Gasteiger partial charge in [0, 0.05) is 44.8 Å². The minimum absolute atomic E-state index is 0.0326. The minimum atomic E-state index is -4.08. The molecule has 1 aliphatic heterocycles. The number of rotatable bonds is 11. The third kappa shape index (κ3) is 10.6. The zero-order chi connectivity index (χ0) is 34.9. The van der Waals surface area contributed by atoms with Crippen LogP contribution >= 0.6 is 0 Å². The number of carbonyl (C=O) groups excluding carboxylic acids is 2. The predicted molar refractivity (Wildman–Crippen MR) is 179 cm³/mol. The second-order valence-electron chi connectivity index (χ2n) is 13.0. The third-order valence-electron chi connectivity index (χ3n) is 8.42. The number of benzene rings is 1. The van der Waals surface area contributed by atoms with E-state index in [1.807, 2.05) is 32.8 Å². The van der Waals surface area contributed by atoms with Crippen molar-refractivity contribution in [3.8, 4) is 5.75 Å². The highest BCUT2D eigenvalue weighted by atomic mass is 32.2. The normalized spacial score (nSPS) is 20.7. The van der Waals surface area contributed by atoms with Crippen molar-refractivity contribution in [3.63, 3.8) is 0 Å². The number of likely N-dealkylation sites (N-methyl/N-ethyl adjacent to an activating group) is 1. The van der Waals surface area contributed by atoms with Crippen LogP contribution in [-0.4, -0.2) is 117 Å². The van der Waals surface area contributed by atoms with Crippen molar-refractivity contribution >= 4 is 27.5 Å². The zero-order valence-electron chi connectivity index (χ0n) is 29.1. The van der Waals surface area contributed by atoms with E-state index in [9.17, 15) is 23.1 Å². The summed E-state index contributed by atoms with van der Waals surface area (Å²) < 4.78 is 46.8. The summed E-state index contributed by atoms with van der Waals surface area (Å²) in [6.07, 6.45) is 2.92. The molecule has 264 valence electrons. The summed E-state index contributed by atoms with van der Waals surface area (Å²) in [6.45, 7) is 10.3. The van der Waals surface area contributed by atoms with Crippen molar-refractivity contribution in [2.45, 2.75) is 89.9 Å². The molecule has 0 unspecified atom stereocenters. The Hall–Kier alpha value is -3.20. The average molecular weight is 680 g/mol. The second-order valence-corrected chi connectivity index (χ2v) is 14.6. The van der Waals surface area contributed by atoms with Crippen LogP contribution in [0, 0.1) is 19.8 Å². The summed E-state index contributed by atoms with van der Waals surface area (Å²) in [5.41, 5.74) is 0.539. The third-order valence-corrected chi connectivity index (χ3v) is 10.0. The van der Waals surface area contributed by atoms with Gasteiger partial charge in [0.25, 0.3) is 15.9 Å². The van der Waals surface area contributed by atoms with Crippen LogP contribution in [0.2, 0.25) is 0 Å². The molecule has 14 heteroatoms. The molecule has 0 bridgehead atoms. The first-order valence-electron chi connectivity index (χ1n) is 16.3. The monoisotopic (exact) mass is 679 g/mol. The van der Waals surface area contributed by atoms with E-state index >= 15 is 0 Å². The van der Waals surface area contributed by atoms with E-state index in [2.05, 4.69) is 9.88 Å². The van der Waals surface area contributed by atoms with Gasteiger partial charge in [-0.15, -0.1) is 0 Å². The molecule has 3 rings (SSSR count). The number of carbonyl (C=O) groups is 2. The Morgan fingerprint density at radius 3 is 2.55 bits per heavy atom. The number of aliphatic hydroxyl groups excluding tert-OH is 1. The van der Waals surface area contributed by atoms with Crippen LogP contribution in [0.5, 0.6) is 5.75 Å². The number of fused-ring (bicyclic) bond motifs is 1. The fourth-order valence-corrected chi connectivity index (χ4v) is 7.00. The molecular formula is C33H53N5O8S. The molecule has 0 radical (unpaired) electrons. The Morgan fingerprint density at radius 2 is 1.91 bits per heavy atom. The first-order valence-corrected chi connectivity index (χ1v) is 17.8. The lowest BCUT2D eigenvalue weighted by Gasteiger charge is -2.36.